The number of rotatable bonds is 1. The predicted octanol–water partition coefficient (Wildman–Crippen LogP) is 0.630. The van der Waals surface area contributed by atoms with Gasteiger partial charge in [-0.25, -0.2) is 0 Å². The summed E-state index contributed by atoms with van der Waals surface area (Å²) in [5.74, 6) is 0. The van der Waals surface area contributed by atoms with Crippen LogP contribution in [0, 0.1) is 5.41 Å². The zero-order valence-corrected chi connectivity index (χ0v) is 7.82. The summed E-state index contributed by atoms with van der Waals surface area (Å²) in [6.07, 6.45) is 6.02. The first-order valence-electron chi connectivity index (χ1n) is 4.90. The van der Waals surface area contributed by atoms with Gasteiger partial charge in [0.05, 0.1) is 17.9 Å². The third-order valence-corrected chi connectivity index (χ3v) is 3.67. The van der Waals surface area contributed by atoms with Gasteiger partial charge in [0.1, 0.15) is 0 Å². The van der Waals surface area contributed by atoms with Gasteiger partial charge in [-0.05, 0) is 12.8 Å². The standard InChI is InChI=1S/C9H14N4/c1-13-7(5-11-12-13)8-9(6-10-8)3-2-4-9/h5,8,10H,2-4,6H2,1H3. The van der Waals surface area contributed by atoms with Gasteiger partial charge in [-0.2, -0.15) is 0 Å². The molecule has 2 aliphatic rings. The molecule has 1 spiro atoms. The van der Waals surface area contributed by atoms with Crippen LogP contribution in [0.4, 0.5) is 0 Å². The van der Waals surface area contributed by atoms with Crippen LogP contribution in [0.25, 0.3) is 0 Å². The van der Waals surface area contributed by atoms with Gasteiger partial charge in [-0.15, -0.1) is 5.10 Å². The van der Waals surface area contributed by atoms with E-state index in [2.05, 4.69) is 15.6 Å². The van der Waals surface area contributed by atoms with E-state index in [9.17, 15) is 0 Å². The molecule has 1 aliphatic carbocycles. The number of nitrogens with one attached hydrogen (secondary N) is 1. The van der Waals surface area contributed by atoms with E-state index in [4.69, 9.17) is 0 Å². The average Bonchev–Trinajstić information content (AvgIpc) is 2.31. The fourth-order valence-corrected chi connectivity index (χ4v) is 2.57. The lowest BCUT2D eigenvalue weighted by Gasteiger charge is -2.56. The van der Waals surface area contributed by atoms with E-state index in [1.807, 2.05) is 17.9 Å². The van der Waals surface area contributed by atoms with Crippen molar-refractivity contribution in [2.45, 2.75) is 25.3 Å². The van der Waals surface area contributed by atoms with Crippen molar-refractivity contribution in [3.05, 3.63) is 11.9 Å². The van der Waals surface area contributed by atoms with Crippen molar-refractivity contribution in [3.63, 3.8) is 0 Å². The van der Waals surface area contributed by atoms with Gasteiger partial charge in [0, 0.05) is 19.0 Å². The minimum Gasteiger partial charge on any atom is -0.307 e. The van der Waals surface area contributed by atoms with Gasteiger partial charge in [0.2, 0.25) is 0 Å². The van der Waals surface area contributed by atoms with Crippen LogP contribution in [0.15, 0.2) is 6.20 Å². The SMILES string of the molecule is Cn1nncc1C1NCC12CCC2. The first kappa shape index (κ1) is 7.50. The summed E-state index contributed by atoms with van der Waals surface area (Å²) >= 11 is 0. The molecule has 70 valence electrons. The van der Waals surface area contributed by atoms with Crippen LogP contribution in [0.1, 0.15) is 31.0 Å². The molecule has 4 nitrogen and oxygen atoms in total. The Morgan fingerprint density at radius 1 is 1.62 bits per heavy atom. The Labute approximate surface area is 77.3 Å². The number of aryl methyl sites for hydroxylation is 1. The molecule has 1 unspecified atom stereocenters. The van der Waals surface area contributed by atoms with Gasteiger partial charge in [0.15, 0.2) is 0 Å². The molecule has 1 N–H and O–H groups in total. The highest BCUT2D eigenvalue weighted by molar-refractivity contribution is 5.17. The molecule has 1 atom stereocenters. The first-order valence-corrected chi connectivity index (χ1v) is 4.90. The second-order valence-electron chi connectivity index (χ2n) is 4.31. The normalized spacial score (nSPS) is 29.8. The molecule has 0 bridgehead atoms. The lowest BCUT2D eigenvalue weighted by Crippen LogP contribution is -2.59. The van der Waals surface area contributed by atoms with Crippen molar-refractivity contribution in [3.8, 4) is 0 Å². The topological polar surface area (TPSA) is 42.7 Å². The van der Waals surface area contributed by atoms with Crippen LogP contribution in [-0.2, 0) is 7.05 Å². The Bertz CT molecular complexity index is 321. The van der Waals surface area contributed by atoms with E-state index in [0.717, 1.165) is 0 Å². The lowest BCUT2D eigenvalue weighted by atomic mass is 9.58. The Kier molecular flexibility index (Phi) is 1.34. The number of hydrogen-bond donors (Lipinski definition) is 1. The van der Waals surface area contributed by atoms with Crippen LogP contribution in [0.5, 0.6) is 0 Å². The summed E-state index contributed by atoms with van der Waals surface area (Å²) in [6.45, 7) is 1.18. The smallest absolute Gasteiger partial charge is 0.0759 e. The van der Waals surface area contributed by atoms with E-state index < -0.39 is 0 Å². The Morgan fingerprint density at radius 3 is 2.85 bits per heavy atom. The molecule has 13 heavy (non-hydrogen) atoms. The third kappa shape index (κ3) is 0.839. The van der Waals surface area contributed by atoms with Crippen molar-refractivity contribution >= 4 is 0 Å². The summed E-state index contributed by atoms with van der Waals surface area (Å²) in [4.78, 5) is 0. The van der Waals surface area contributed by atoms with Gasteiger partial charge in [0.25, 0.3) is 0 Å². The number of hydrogen-bond acceptors (Lipinski definition) is 3. The van der Waals surface area contributed by atoms with E-state index in [-0.39, 0.29) is 0 Å². The highest BCUT2D eigenvalue weighted by Gasteiger charge is 2.52. The molecule has 2 fully saturated rings. The van der Waals surface area contributed by atoms with Gasteiger partial charge in [-0.3, -0.25) is 4.68 Å². The van der Waals surface area contributed by atoms with Crippen molar-refractivity contribution in [2.75, 3.05) is 6.54 Å². The summed E-state index contributed by atoms with van der Waals surface area (Å²) in [7, 11) is 1.97. The molecular formula is C9H14N4. The summed E-state index contributed by atoms with van der Waals surface area (Å²) in [5.41, 5.74) is 1.81. The highest BCUT2D eigenvalue weighted by Crippen LogP contribution is 2.54. The molecule has 3 rings (SSSR count). The van der Waals surface area contributed by atoms with Crippen molar-refractivity contribution in [1.82, 2.24) is 20.3 Å². The van der Waals surface area contributed by atoms with E-state index in [0.29, 0.717) is 11.5 Å². The molecule has 4 heteroatoms. The van der Waals surface area contributed by atoms with Crippen LogP contribution >= 0.6 is 0 Å². The van der Waals surface area contributed by atoms with Crippen molar-refractivity contribution in [1.29, 1.82) is 0 Å². The lowest BCUT2D eigenvalue weighted by molar-refractivity contribution is -0.00953. The van der Waals surface area contributed by atoms with Crippen LogP contribution in [0.3, 0.4) is 0 Å². The molecule has 0 radical (unpaired) electrons. The Balaban J connectivity index is 1.90. The average molecular weight is 178 g/mol. The molecule has 1 aromatic rings. The maximum Gasteiger partial charge on any atom is 0.0759 e. The Hall–Kier alpha value is -0.900. The molecule has 1 saturated carbocycles. The Morgan fingerprint density at radius 2 is 2.46 bits per heavy atom. The van der Waals surface area contributed by atoms with Crippen LogP contribution in [0.2, 0.25) is 0 Å². The third-order valence-electron chi connectivity index (χ3n) is 3.67. The van der Waals surface area contributed by atoms with E-state index >= 15 is 0 Å². The quantitative estimate of drug-likeness (QED) is 0.686. The number of aromatic nitrogens is 3. The first-order chi connectivity index (χ1) is 6.32. The molecule has 1 aliphatic heterocycles. The maximum absolute atomic E-state index is 3.97. The minimum absolute atomic E-state index is 0.515. The van der Waals surface area contributed by atoms with Crippen molar-refractivity contribution < 1.29 is 0 Å². The van der Waals surface area contributed by atoms with E-state index in [1.54, 1.807) is 0 Å². The molecule has 0 amide bonds. The summed E-state index contributed by atoms with van der Waals surface area (Å²) in [6, 6.07) is 0.515. The summed E-state index contributed by atoms with van der Waals surface area (Å²) in [5, 5.41) is 11.4. The number of nitrogens with zero attached hydrogens (tertiary/aromatic N) is 3. The molecule has 1 aromatic heterocycles. The maximum atomic E-state index is 3.97. The van der Waals surface area contributed by atoms with Gasteiger partial charge in [-0.1, -0.05) is 11.6 Å². The van der Waals surface area contributed by atoms with Gasteiger partial charge < -0.3 is 5.32 Å². The van der Waals surface area contributed by atoms with E-state index in [1.165, 1.54) is 31.5 Å². The minimum atomic E-state index is 0.515. The fourth-order valence-electron chi connectivity index (χ4n) is 2.57. The molecule has 2 heterocycles. The van der Waals surface area contributed by atoms with Crippen molar-refractivity contribution in [2.24, 2.45) is 12.5 Å². The second-order valence-corrected chi connectivity index (χ2v) is 4.31. The van der Waals surface area contributed by atoms with Crippen LogP contribution in [-0.4, -0.2) is 21.5 Å². The predicted molar refractivity (Wildman–Crippen MR) is 48.0 cm³/mol. The second kappa shape index (κ2) is 2.32. The molecular weight excluding hydrogens is 164 g/mol. The van der Waals surface area contributed by atoms with Gasteiger partial charge >= 0.3 is 0 Å². The largest absolute Gasteiger partial charge is 0.307 e. The monoisotopic (exact) mass is 178 g/mol. The van der Waals surface area contributed by atoms with Crippen LogP contribution < -0.4 is 5.32 Å². The fraction of sp³-hybridized carbons (Fsp3) is 0.778. The summed E-state index contributed by atoms with van der Waals surface area (Å²) < 4.78 is 1.89. The molecule has 0 aromatic carbocycles. The highest BCUT2D eigenvalue weighted by atomic mass is 15.4. The molecule has 1 saturated heterocycles. The zero-order chi connectivity index (χ0) is 8.89. The zero-order valence-electron chi connectivity index (χ0n) is 7.82.